The van der Waals surface area contributed by atoms with E-state index in [0.29, 0.717) is 18.0 Å². The standard InChI is InChI=1S/C13H13FN2O2/c1-2-17-11-4-3-7-16-13(11)18-12-8-9(14)5-6-10(12)15/h3-8H,2,15H2,1H3. The van der Waals surface area contributed by atoms with Gasteiger partial charge in [0.1, 0.15) is 5.82 Å². The van der Waals surface area contributed by atoms with Crippen LogP contribution >= 0.6 is 0 Å². The number of nitrogens with zero attached hydrogens (tertiary/aromatic N) is 1. The van der Waals surface area contributed by atoms with Crippen molar-refractivity contribution in [2.45, 2.75) is 6.92 Å². The molecule has 0 saturated heterocycles. The second kappa shape index (κ2) is 5.35. The van der Waals surface area contributed by atoms with Gasteiger partial charge in [0.25, 0.3) is 5.88 Å². The van der Waals surface area contributed by atoms with Crippen molar-refractivity contribution in [3.05, 3.63) is 42.3 Å². The van der Waals surface area contributed by atoms with Crippen molar-refractivity contribution in [2.75, 3.05) is 12.3 Å². The normalized spacial score (nSPS) is 10.1. The molecule has 2 N–H and O–H groups in total. The number of hydrogen-bond acceptors (Lipinski definition) is 4. The molecular formula is C13H13FN2O2. The number of nitrogen functional groups attached to an aromatic ring is 1. The molecular weight excluding hydrogens is 235 g/mol. The average Bonchev–Trinajstić information content (AvgIpc) is 2.36. The quantitative estimate of drug-likeness (QED) is 0.845. The van der Waals surface area contributed by atoms with Gasteiger partial charge in [0.05, 0.1) is 12.3 Å². The summed E-state index contributed by atoms with van der Waals surface area (Å²) in [5, 5.41) is 0. The van der Waals surface area contributed by atoms with Gasteiger partial charge < -0.3 is 15.2 Å². The fraction of sp³-hybridized carbons (Fsp3) is 0.154. The van der Waals surface area contributed by atoms with Crippen molar-refractivity contribution in [1.29, 1.82) is 0 Å². The molecule has 0 fully saturated rings. The van der Waals surface area contributed by atoms with E-state index in [9.17, 15) is 4.39 Å². The van der Waals surface area contributed by atoms with E-state index < -0.39 is 5.82 Å². The number of pyridine rings is 1. The molecule has 0 unspecified atom stereocenters. The third kappa shape index (κ3) is 2.68. The third-order valence-electron chi connectivity index (χ3n) is 2.22. The van der Waals surface area contributed by atoms with E-state index in [1.165, 1.54) is 18.2 Å². The maximum absolute atomic E-state index is 13.1. The number of halogens is 1. The van der Waals surface area contributed by atoms with Gasteiger partial charge in [-0.2, -0.15) is 0 Å². The smallest absolute Gasteiger partial charge is 0.262 e. The summed E-state index contributed by atoms with van der Waals surface area (Å²) < 4.78 is 23.9. The molecule has 0 amide bonds. The molecule has 0 saturated carbocycles. The molecule has 0 radical (unpaired) electrons. The molecule has 94 valence electrons. The van der Waals surface area contributed by atoms with E-state index in [2.05, 4.69) is 4.98 Å². The number of nitrogens with two attached hydrogens (primary N) is 1. The highest BCUT2D eigenvalue weighted by atomic mass is 19.1. The Kier molecular flexibility index (Phi) is 3.62. The Balaban J connectivity index is 2.30. The van der Waals surface area contributed by atoms with Crippen molar-refractivity contribution in [1.82, 2.24) is 4.98 Å². The Bertz CT molecular complexity index is 546. The molecule has 1 aromatic carbocycles. The summed E-state index contributed by atoms with van der Waals surface area (Å²) in [4.78, 5) is 4.04. The monoisotopic (exact) mass is 248 g/mol. The lowest BCUT2D eigenvalue weighted by atomic mass is 10.3. The van der Waals surface area contributed by atoms with Crippen molar-refractivity contribution in [3.8, 4) is 17.4 Å². The van der Waals surface area contributed by atoms with E-state index in [1.807, 2.05) is 6.92 Å². The van der Waals surface area contributed by atoms with Gasteiger partial charge in [-0.1, -0.05) is 0 Å². The zero-order chi connectivity index (χ0) is 13.0. The highest BCUT2D eigenvalue weighted by Crippen LogP contribution is 2.32. The number of rotatable bonds is 4. The molecule has 5 heteroatoms. The van der Waals surface area contributed by atoms with Gasteiger partial charge >= 0.3 is 0 Å². The summed E-state index contributed by atoms with van der Waals surface area (Å²) in [5.41, 5.74) is 6.04. The fourth-order valence-electron chi connectivity index (χ4n) is 1.42. The Morgan fingerprint density at radius 1 is 1.28 bits per heavy atom. The number of hydrogen-bond donors (Lipinski definition) is 1. The largest absolute Gasteiger partial charge is 0.488 e. The van der Waals surface area contributed by atoms with Crippen LogP contribution in [-0.4, -0.2) is 11.6 Å². The fourth-order valence-corrected chi connectivity index (χ4v) is 1.42. The van der Waals surface area contributed by atoms with Crippen LogP contribution in [0.5, 0.6) is 17.4 Å². The molecule has 1 aromatic heterocycles. The molecule has 1 heterocycles. The van der Waals surface area contributed by atoms with E-state index in [4.69, 9.17) is 15.2 Å². The SMILES string of the molecule is CCOc1cccnc1Oc1cc(F)ccc1N. The third-order valence-corrected chi connectivity index (χ3v) is 2.22. The molecule has 0 atom stereocenters. The minimum absolute atomic E-state index is 0.217. The molecule has 2 rings (SSSR count). The van der Waals surface area contributed by atoms with Crippen LogP contribution in [0, 0.1) is 5.82 Å². The Labute approximate surface area is 104 Å². The van der Waals surface area contributed by atoms with Gasteiger partial charge in [-0.3, -0.25) is 0 Å². The lowest BCUT2D eigenvalue weighted by molar-refractivity contribution is 0.316. The molecule has 2 aromatic rings. The first kappa shape index (κ1) is 12.2. The lowest BCUT2D eigenvalue weighted by Gasteiger charge is -2.11. The van der Waals surface area contributed by atoms with Crippen LogP contribution in [0.1, 0.15) is 6.92 Å². The first-order chi connectivity index (χ1) is 8.70. The summed E-state index contributed by atoms with van der Waals surface area (Å²) in [7, 11) is 0. The Morgan fingerprint density at radius 2 is 2.11 bits per heavy atom. The summed E-state index contributed by atoms with van der Waals surface area (Å²) in [6, 6.07) is 7.37. The summed E-state index contributed by atoms with van der Waals surface area (Å²) in [5.74, 6) is 0.544. The van der Waals surface area contributed by atoms with Crippen molar-refractivity contribution >= 4 is 5.69 Å². The van der Waals surface area contributed by atoms with Crippen LogP contribution in [0.3, 0.4) is 0 Å². The zero-order valence-corrected chi connectivity index (χ0v) is 9.89. The Morgan fingerprint density at radius 3 is 2.89 bits per heavy atom. The Hall–Kier alpha value is -2.30. The highest BCUT2D eigenvalue weighted by molar-refractivity contribution is 5.54. The van der Waals surface area contributed by atoms with Gasteiger partial charge in [-0.05, 0) is 31.2 Å². The summed E-state index contributed by atoms with van der Waals surface area (Å²) in [6.07, 6.45) is 1.56. The maximum atomic E-state index is 13.1. The topological polar surface area (TPSA) is 57.4 Å². The number of benzene rings is 1. The van der Waals surface area contributed by atoms with Crippen LogP contribution in [0.15, 0.2) is 36.5 Å². The van der Waals surface area contributed by atoms with E-state index >= 15 is 0 Å². The maximum Gasteiger partial charge on any atom is 0.262 e. The summed E-state index contributed by atoms with van der Waals surface area (Å²) >= 11 is 0. The minimum Gasteiger partial charge on any atom is -0.488 e. The van der Waals surface area contributed by atoms with Crippen LogP contribution in [0.4, 0.5) is 10.1 Å². The van der Waals surface area contributed by atoms with Crippen LogP contribution in [0.2, 0.25) is 0 Å². The number of ether oxygens (including phenoxy) is 2. The van der Waals surface area contributed by atoms with Crippen LogP contribution < -0.4 is 15.2 Å². The zero-order valence-electron chi connectivity index (χ0n) is 9.89. The molecule has 4 nitrogen and oxygen atoms in total. The number of anilines is 1. The van der Waals surface area contributed by atoms with E-state index in [1.54, 1.807) is 18.3 Å². The molecule has 0 aliphatic rings. The van der Waals surface area contributed by atoms with Crippen LogP contribution in [0.25, 0.3) is 0 Å². The number of aromatic nitrogens is 1. The molecule has 0 aliphatic carbocycles. The van der Waals surface area contributed by atoms with Gasteiger partial charge in [0.15, 0.2) is 11.5 Å². The molecule has 18 heavy (non-hydrogen) atoms. The second-order valence-electron chi connectivity index (χ2n) is 3.52. The van der Waals surface area contributed by atoms with Crippen molar-refractivity contribution in [2.24, 2.45) is 0 Å². The van der Waals surface area contributed by atoms with Crippen molar-refractivity contribution in [3.63, 3.8) is 0 Å². The first-order valence-electron chi connectivity index (χ1n) is 5.51. The average molecular weight is 248 g/mol. The van der Waals surface area contributed by atoms with Gasteiger partial charge in [-0.25, -0.2) is 9.37 Å². The van der Waals surface area contributed by atoms with E-state index in [-0.39, 0.29) is 11.6 Å². The van der Waals surface area contributed by atoms with E-state index in [0.717, 1.165) is 0 Å². The lowest BCUT2D eigenvalue weighted by Crippen LogP contribution is -1.98. The molecule has 0 aliphatic heterocycles. The summed E-state index contributed by atoms with van der Waals surface area (Å²) in [6.45, 7) is 2.34. The van der Waals surface area contributed by atoms with Gasteiger partial charge in [-0.15, -0.1) is 0 Å². The van der Waals surface area contributed by atoms with Crippen LogP contribution in [-0.2, 0) is 0 Å². The predicted octanol–water partition coefficient (Wildman–Crippen LogP) is 2.99. The van der Waals surface area contributed by atoms with Gasteiger partial charge in [0, 0.05) is 12.3 Å². The molecule has 0 spiro atoms. The minimum atomic E-state index is -0.423. The first-order valence-corrected chi connectivity index (χ1v) is 5.51. The highest BCUT2D eigenvalue weighted by Gasteiger charge is 2.09. The van der Waals surface area contributed by atoms with Crippen molar-refractivity contribution < 1.29 is 13.9 Å². The molecule has 0 bridgehead atoms. The predicted molar refractivity (Wildman–Crippen MR) is 66.3 cm³/mol. The van der Waals surface area contributed by atoms with Gasteiger partial charge in [0.2, 0.25) is 0 Å². The second-order valence-corrected chi connectivity index (χ2v) is 3.52.